The summed E-state index contributed by atoms with van der Waals surface area (Å²) in [6, 6.07) is 0.218. The molecule has 15 heavy (non-hydrogen) atoms. The highest BCUT2D eigenvalue weighted by Crippen LogP contribution is 2.18. The van der Waals surface area contributed by atoms with E-state index in [4.69, 9.17) is 0 Å². The predicted octanol–water partition coefficient (Wildman–Crippen LogP) is 0.208. The lowest BCUT2D eigenvalue weighted by atomic mass is 9.93. The van der Waals surface area contributed by atoms with Crippen LogP contribution >= 0.6 is 0 Å². The van der Waals surface area contributed by atoms with E-state index >= 15 is 0 Å². The zero-order valence-corrected chi connectivity index (χ0v) is 9.06. The first kappa shape index (κ1) is 10.6. The molecule has 0 saturated heterocycles. The molecule has 5 nitrogen and oxygen atoms in total. The van der Waals surface area contributed by atoms with Gasteiger partial charge in [0.05, 0.1) is 12.6 Å². The molecule has 84 valence electrons. The van der Waals surface area contributed by atoms with Gasteiger partial charge in [-0.1, -0.05) is 12.8 Å². The van der Waals surface area contributed by atoms with E-state index in [9.17, 15) is 5.11 Å². The van der Waals surface area contributed by atoms with Gasteiger partial charge in [-0.2, -0.15) is 0 Å². The maximum atomic E-state index is 9.76. The Morgan fingerprint density at radius 3 is 3.00 bits per heavy atom. The molecule has 0 spiro atoms. The number of hydrogen-bond donors (Lipinski definition) is 2. The summed E-state index contributed by atoms with van der Waals surface area (Å²) in [4.78, 5) is 0. The smallest absolute Gasteiger partial charge is 0.146 e. The van der Waals surface area contributed by atoms with E-state index in [1.165, 1.54) is 6.42 Å². The van der Waals surface area contributed by atoms with Crippen LogP contribution in [0.1, 0.15) is 31.5 Å². The first-order chi connectivity index (χ1) is 7.27. The van der Waals surface area contributed by atoms with Gasteiger partial charge in [0.2, 0.25) is 0 Å². The minimum atomic E-state index is -0.202. The highest BCUT2D eigenvalue weighted by Gasteiger charge is 2.22. The number of aliphatic hydroxyl groups excluding tert-OH is 1. The van der Waals surface area contributed by atoms with Crippen molar-refractivity contribution >= 4 is 0 Å². The Bertz CT molecular complexity index is 312. The van der Waals surface area contributed by atoms with E-state index in [0.29, 0.717) is 6.54 Å². The molecule has 1 fully saturated rings. The highest BCUT2D eigenvalue weighted by atomic mass is 16.3. The standard InChI is InChI=1S/C10H18N4O/c1-14-7-12-13-10(14)6-11-8-4-2-3-5-9(8)15/h7-9,11,15H,2-6H2,1H3/t8-,9-/m0/s1. The molecule has 1 aromatic heterocycles. The molecule has 2 atom stereocenters. The van der Waals surface area contributed by atoms with Gasteiger partial charge in [0.25, 0.3) is 0 Å². The van der Waals surface area contributed by atoms with Gasteiger partial charge >= 0.3 is 0 Å². The Morgan fingerprint density at radius 1 is 1.53 bits per heavy atom. The summed E-state index contributed by atoms with van der Waals surface area (Å²) in [6.45, 7) is 0.679. The van der Waals surface area contributed by atoms with Crippen molar-refractivity contribution in [1.82, 2.24) is 20.1 Å². The van der Waals surface area contributed by atoms with Gasteiger partial charge in [-0.25, -0.2) is 0 Å². The predicted molar refractivity (Wildman–Crippen MR) is 56.1 cm³/mol. The molecule has 0 radical (unpaired) electrons. The van der Waals surface area contributed by atoms with Crippen LogP contribution in [0.15, 0.2) is 6.33 Å². The van der Waals surface area contributed by atoms with Crippen molar-refractivity contribution in [1.29, 1.82) is 0 Å². The van der Waals surface area contributed by atoms with Gasteiger partial charge in [0.1, 0.15) is 12.2 Å². The Hall–Kier alpha value is -0.940. The van der Waals surface area contributed by atoms with E-state index in [1.807, 2.05) is 11.6 Å². The topological polar surface area (TPSA) is 63.0 Å². The summed E-state index contributed by atoms with van der Waals surface area (Å²) in [5, 5.41) is 20.9. The van der Waals surface area contributed by atoms with Gasteiger partial charge in [-0.05, 0) is 12.8 Å². The van der Waals surface area contributed by atoms with Gasteiger partial charge in [0, 0.05) is 13.1 Å². The maximum absolute atomic E-state index is 9.76. The van der Waals surface area contributed by atoms with Crippen LogP contribution in [-0.2, 0) is 13.6 Å². The second kappa shape index (κ2) is 4.72. The third kappa shape index (κ3) is 2.54. The molecule has 0 aromatic carbocycles. The second-order valence-corrected chi connectivity index (χ2v) is 4.20. The molecule has 2 rings (SSSR count). The third-order valence-corrected chi connectivity index (χ3v) is 3.06. The van der Waals surface area contributed by atoms with Crippen LogP contribution in [0.25, 0.3) is 0 Å². The van der Waals surface area contributed by atoms with Crippen molar-refractivity contribution in [2.24, 2.45) is 7.05 Å². The summed E-state index contributed by atoms with van der Waals surface area (Å²) >= 11 is 0. The molecule has 1 heterocycles. The second-order valence-electron chi connectivity index (χ2n) is 4.20. The van der Waals surface area contributed by atoms with Gasteiger partial charge < -0.3 is 15.0 Å². The molecular formula is C10H18N4O. The third-order valence-electron chi connectivity index (χ3n) is 3.06. The van der Waals surface area contributed by atoms with E-state index in [0.717, 1.165) is 25.1 Å². The fraction of sp³-hybridized carbons (Fsp3) is 0.800. The van der Waals surface area contributed by atoms with Crippen molar-refractivity contribution in [2.45, 2.75) is 44.4 Å². The number of nitrogens with zero attached hydrogens (tertiary/aromatic N) is 3. The van der Waals surface area contributed by atoms with E-state index < -0.39 is 0 Å². The van der Waals surface area contributed by atoms with Gasteiger partial charge in [-0.15, -0.1) is 10.2 Å². The lowest BCUT2D eigenvalue weighted by molar-refractivity contribution is 0.0898. The Kier molecular flexibility index (Phi) is 3.33. The van der Waals surface area contributed by atoms with Crippen LogP contribution in [0.2, 0.25) is 0 Å². The summed E-state index contributed by atoms with van der Waals surface area (Å²) in [6.07, 6.45) is 5.80. The molecule has 2 N–H and O–H groups in total. The number of aliphatic hydroxyl groups is 1. The quantitative estimate of drug-likeness (QED) is 0.748. The SMILES string of the molecule is Cn1cnnc1CN[C@H]1CCCC[C@@H]1O. The zero-order valence-electron chi connectivity index (χ0n) is 9.06. The molecule has 5 heteroatoms. The van der Waals surface area contributed by atoms with E-state index in [1.54, 1.807) is 6.33 Å². The first-order valence-corrected chi connectivity index (χ1v) is 5.51. The normalized spacial score (nSPS) is 26.8. The maximum Gasteiger partial charge on any atom is 0.146 e. The monoisotopic (exact) mass is 210 g/mol. The minimum absolute atomic E-state index is 0.202. The van der Waals surface area contributed by atoms with Crippen molar-refractivity contribution in [3.8, 4) is 0 Å². The number of aryl methyl sites for hydroxylation is 1. The largest absolute Gasteiger partial charge is 0.392 e. The average Bonchev–Trinajstić information content (AvgIpc) is 2.63. The van der Waals surface area contributed by atoms with E-state index in [-0.39, 0.29) is 12.1 Å². The van der Waals surface area contributed by atoms with Crippen LogP contribution in [0.5, 0.6) is 0 Å². The number of rotatable bonds is 3. The Balaban J connectivity index is 1.84. The Morgan fingerprint density at radius 2 is 2.33 bits per heavy atom. The summed E-state index contributed by atoms with van der Waals surface area (Å²) in [5.41, 5.74) is 0. The van der Waals surface area contributed by atoms with Crippen molar-refractivity contribution in [2.75, 3.05) is 0 Å². The average molecular weight is 210 g/mol. The number of nitrogens with one attached hydrogen (secondary N) is 1. The lowest BCUT2D eigenvalue weighted by Gasteiger charge is -2.28. The van der Waals surface area contributed by atoms with Gasteiger partial charge in [0.15, 0.2) is 0 Å². The molecule has 0 aliphatic heterocycles. The minimum Gasteiger partial charge on any atom is -0.392 e. The highest BCUT2D eigenvalue weighted by molar-refractivity contribution is 4.87. The molecule has 0 unspecified atom stereocenters. The number of aromatic nitrogens is 3. The molecular weight excluding hydrogens is 192 g/mol. The van der Waals surface area contributed by atoms with E-state index in [2.05, 4.69) is 15.5 Å². The zero-order chi connectivity index (χ0) is 10.7. The molecule has 0 amide bonds. The van der Waals surface area contributed by atoms with Crippen LogP contribution in [-0.4, -0.2) is 32.0 Å². The first-order valence-electron chi connectivity index (χ1n) is 5.51. The summed E-state index contributed by atoms with van der Waals surface area (Å²) < 4.78 is 1.89. The van der Waals surface area contributed by atoms with Crippen LogP contribution in [0, 0.1) is 0 Å². The molecule has 1 aromatic rings. The van der Waals surface area contributed by atoms with Crippen molar-refractivity contribution < 1.29 is 5.11 Å². The Labute approximate surface area is 89.5 Å². The molecule has 1 aliphatic rings. The van der Waals surface area contributed by atoms with Crippen molar-refractivity contribution in [3.05, 3.63) is 12.2 Å². The van der Waals surface area contributed by atoms with Gasteiger partial charge in [-0.3, -0.25) is 0 Å². The number of hydrogen-bond acceptors (Lipinski definition) is 4. The van der Waals surface area contributed by atoms with Crippen molar-refractivity contribution in [3.63, 3.8) is 0 Å². The fourth-order valence-electron chi connectivity index (χ4n) is 2.04. The van der Waals surface area contributed by atoms with Crippen LogP contribution < -0.4 is 5.32 Å². The summed E-state index contributed by atoms with van der Waals surface area (Å²) in [7, 11) is 1.92. The van der Waals surface area contributed by atoms with Crippen LogP contribution in [0.4, 0.5) is 0 Å². The van der Waals surface area contributed by atoms with Crippen LogP contribution in [0.3, 0.4) is 0 Å². The molecule has 1 saturated carbocycles. The fourth-order valence-corrected chi connectivity index (χ4v) is 2.04. The molecule has 0 bridgehead atoms. The lowest BCUT2D eigenvalue weighted by Crippen LogP contribution is -2.41. The molecule has 1 aliphatic carbocycles. The summed E-state index contributed by atoms with van der Waals surface area (Å²) in [5.74, 6) is 0.910.